The highest BCUT2D eigenvalue weighted by atomic mass is 16.5. The molecule has 1 aromatic carbocycles. The highest BCUT2D eigenvalue weighted by Gasteiger charge is 2.30. The molecule has 0 spiro atoms. The molecule has 1 aliphatic rings. The Hall–Kier alpha value is -2.22. The van der Waals surface area contributed by atoms with Gasteiger partial charge in [-0.2, -0.15) is 5.26 Å². The number of hydrogen-bond donors (Lipinski definition) is 0. The monoisotopic (exact) mass is 274 g/mol. The van der Waals surface area contributed by atoms with Crippen molar-refractivity contribution in [3.63, 3.8) is 0 Å². The standard InChI is InChI=1S/C15H18N2O3/c1-19-12-7-5-8-13(20-2)14(12)15(18)17-9-4-3-6-11(17)10-16/h5,7-8,11H,3-4,6,9H2,1-2H3. The van der Waals surface area contributed by atoms with Gasteiger partial charge in [0.05, 0.1) is 20.3 Å². The summed E-state index contributed by atoms with van der Waals surface area (Å²) in [4.78, 5) is 14.4. The molecular weight excluding hydrogens is 256 g/mol. The van der Waals surface area contributed by atoms with Crippen molar-refractivity contribution >= 4 is 5.91 Å². The maximum Gasteiger partial charge on any atom is 0.262 e. The van der Waals surface area contributed by atoms with Crippen LogP contribution in [0.3, 0.4) is 0 Å². The van der Waals surface area contributed by atoms with Gasteiger partial charge in [-0.15, -0.1) is 0 Å². The number of nitrogens with zero attached hydrogens (tertiary/aromatic N) is 2. The first-order chi connectivity index (χ1) is 9.72. The van der Waals surface area contributed by atoms with Crippen molar-refractivity contribution in [2.45, 2.75) is 25.3 Å². The smallest absolute Gasteiger partial charge is 0.262 e. The Morgan fingerprint density at radius 3 is 2.50 bits per heavy atom. The number of methoxy groups -OCH3 is 2. The minimum atomic E-state index is -0.370. The van der Waals surface area contributed by atoms with Gasteiger partial charge in [-0.1, -0.05) is 6.07 Å². The second kappa shape index (κ2) is 6.29. The predicted molar refractivity (Wildman–Crippen MR) is 73.8 cm³/mol. The van der Waals surface area contributed by atoms with Crippen molar-refractivity contribution < 1.29 is 14.3 Å². The highest BCUT2D eigenvalue weighted by Crippen LogP contribution is 2.31. The zero-order valence-corrected chi connectivity index (χ0v) is 11.8. The van der Waals surface area contributed by atoms with Gasteiger partial charge in [0.25, 0.3) is 5.91 Å². The van der Waals surface area contributed by atoms with Gasteiger partial charge in [0, 0.05) is 6.54 Å². The Labute approximate surface area is 118 Å². The Kier molecular flexibility index (Phi) is 4.46. The molecule has 0 saturated carbocycles. The average molecular weight is 274 g/mol. The Bertz CT molecular complexity index is 514. The molecule has 2 rings (SSSR count). The summed E-state index contributed by atoms with van der Waals surface area (Å²) in [5.41, 5.74) is 0.389. The minimum Gasteiger partial charge on any atom is -0.496 e. The van der Waals surface area contributed by atoms with Crippen LogP contribution in [0, 0.1) is 11.3 Å². The second-order valence-electron chi connectivity index (χ2n) is 4.68. The lowest BCUT2D eigenvalue weighted by Crippen LogP contribution is -2.43. The fourth-order valence-corrected chi connectivity index (χ4v) is 2.51. The summed E-state index contributed by atoms with van der Waals surface area (Å²) in [6.07, 6.45) is 2.62. The van der Waals surface area contributed by atoms with Crippen molar-refractivity contribution in [1.29, 1.82) is 5.26 Å². The lowest BCUT2D eigenvalue weighted by Gasteiger charge is -2.32. The molecule has 106 valence electrons. The van der Waals surface area contributed by atoms with Gasteiger partial charge >= 0.3 is 0 Å². The van der Waals surface area contributed by atoms with Crippen LogP contribution in [0.1, 0.15) is 29.6 Å². The number of piperidine rings is 1. The van der Waals surface area contributed by atoms with E-state index in [0.717, 1.165) is 19.3 Å². The SMILES string of the molecule is COc1cccc(OC)c1C(=O)N1CCCCC1C#N. The van der Waals surface area contributed by atoms with Crippen molar-refractivity contribution in [2.24, 2.45) is 0 Å². The van der Waals surface area contributed by atoms with Crippen molar-refractivity contribution in [3.8, 4) is 17.6 Å². The van der Waals surface area contributed by atoms with Gasteiger partial charge < -0.3 is 14.4 Å². The molecule has 0 radical (unpaired) electrons. The van der Waals surface area contributed by atoms with Gasteiger partial charge in [-0.05, 0) is 31.4 Å². The first-order valence-corrected chi connectivity index (χ1v) is 6.64. The number of amides is 1. The van der Waals surface area contributed by atoms with Crippen molar-refractivity contribution in [1.82, 2.24) is 4.90 Å². The lowest BCUT2D eigenvalue weighted by atomic mass is 10.0. The van der Waals surface area contributed by atoms with Crippen LogP contribution >= 0.6 is 0 Å². The third kappa shape index (κ3) is 2.55. The zero-order chi connectivity index (χ0) is 14.5. The molecule has 1 unspecified atom stereocenters. The quantitative estimate of drug-likeness (QED) is 0.848. The fourth-order valence-electron chi connectivity index (χ4n) is 2.51. The Morgan fingerprint density at radius 1 is 1.30 bits per heavy atom. The Morgan fingerprint density at radius 2 is 1.95 bits per heavy atom. The maximum absolute atomic E-state index is 12.7. The summed E-state index contributed by atoms with van der Waals surface area (Å²) < 4.78 is 10.5. The Balaban J connectivity index is 2.39. The van der Waals surface area contributed by atoms with Gasteiger partial charge in [-0.3, -0.25) is 4.79 Å². The molecule has 1 heterocycles. The number of nitriles is 1. The minimum absolute atomic E-state index is 0.203. The van der Waals surface area contributed by atoms with Crippen molar-refractivity contribution in [3.05, 3.63) is 23.8 Å². The molecule has 5 heteroatoms. The van der Waals surface area contributed by atoms with E-state index in [1.54, 1.807) is 23.1 Å². The van der Waals surface area contributed by atoms with Gasteiger partial charge in [0.15, 0.2) is 0 Å². The zero-order valence-electron chi connectivity index (χ0n) is 11.8. The second-order valence-corrected chi connectivity index (χ2v) is 4.68. The molecular formula is C15H18N2O3. The van der Waals surface area contributed by atoms with E-state index in [4.69, 9.17) is 9.47 Å². The van der Waals surface area contributed by atoms with Crippen molar-refractivity contribution in [2.75, 3.05) is 20.8 Å². The summed E-state index contributed by atoms with van der Waals surface area (Å²) in [6, 6.07) is 7.05. The lowest BCUT2D eigenvalue weighted by molar-refractivity contribution is 0.0663. The van der Waals surface area contributed by atoms with Crippen LogP contribution in [0.5, 0.6) is 11.5 Å². The molecule has 20 heavy (non-hydrogen) atoms. The third-order valence-electron chi connectivity index (χ3n) is 3.55. The summed E-state index contributed by atoms with van der Waals surface area (Å²) in [7, 11) is 3.03. The molecule has 1 aliphatic heterocycles. The molecule has 1 fully saturated rings. The summed E-state index contributed by atoms with van der Waals surface area (Å²) in [5, 5.41) is 9.20. The van der Waals surface area contributed by atoms with Gasteiger partial charge in [0.1, 0.15) is 23.1 Å². The number of carbonyl (C=O) groups is 1. The summed E-state index contributed by atoms with van der Waals surface area (Å²) >= 11 is 0. The molecule has 1 saturated heterocycles. The maximum atomic E-state index is 12.7. The topological polar surface area (TPSA) is 62.6 Å². The van der Waals surface area contributed by atoms with E-state index in [1.807, 2.05) is 0 Å². The van der Waals surface area contributed by atoms with Crippen LogP contribution in [-0.2, 0) is 0 Å². The summed E-state index contributed by atoms with van der Waals surface area (Å²) in [5.74, 6) is 0.735. The summed E-state index contributed by atoms with van der Waals surface area (Å²) in [6.45, 7) is 0.595. The number of hydrogen-bond acceptors (Lipinski definition) is 4. The third-order valence-corrected chi connectivity index (χ3v) is 3.55. The van der Waals surface area contributed by atoms with Crippen LogP contribution in [0.15, 0.2) is 18.2 Å². The fraction of sp³-hybridized carbons (Fsp3) is 0.467. The number of ether oxygens (including phenoxy) is 2. The molecule has 0 aliphatic carbocycles. The van der Waals surface area contributed by atoms with Crippen LogP contribution in [0.2, 0.25) is 0 Å². The molecule has 1 atom stereocenters. The van der Waals surface area contributed by atoms with E-state index in [2.05, 4.69) is 6.07 Å². The van der Waals surface area contributed by atoms with E-state index in [-0.39, 0.29) is 11.9 Å². The van der Waals surface area contributed by atoms with Crippen LogP contribution < -0.4 is 9.47 Å². The molecule has 0 bridgehead atoms. The number of carbonyl (C=O) groups excluding carboxylic acids is 1. The largest absolute Gasteiger partial charge is 0.496 e. The highest BCUT2D eigenvalue weighted by molar-refractivity contribution is 6.00. The van der Waals surface area contributed by atoms with E-state index in [0.29, 0.717) is 23.6 Å². The average Bonchev–Trinajstić information content (AvgIpc) is 2.53. The molecule has 0 aromatic heterocycles. The van der Waals surface area contributed by atoms with E-state index in [9.17, 15) is 10.1 Å². The van der Waals surface area contributed by atoms with Crippen LogP contribution in [0.4, 0.5) is 0 Å². The first kappa shape index (κ1) is 14.2. The van der Waals surface area contributed by atoms with E-state index in [1.165, 1.54) is 14.2 Å². The van der Waals surface area contributed by atoms with E-state index >= 15 is 0 Å². The van der Waals surface area contributed by atoms with Crippen LogP contribution in [0.25, 0.3) is 0 Å². The molecule has 1 amide bonds. The molecule has 1 aromatic rings. The number of rotatable bonds is 3. The normalized spacial score (nSPS) is 18.2. The predicted octanol–water partition coefficient (Wildman–Crippen LogP) is 2.22. The van der Waals surface area contributed by atoms with E-state index < -0.39 is 0 Å². The van der Waals surface area contributed by atoms with Gasteiger partial charge in [0.2, 0.25) is 0 Å². The first-order valence-electron chi connectivity index (χ1n) is 6.64. The molecule has 0 N–H and O–H groups in total. The molecule has 5 nitrogen and oxygen atoms in total. The number of benzene rings is 1. The van der Waals surface area contributed by atoms with Gasteiger partial charge in [-0.25, -0.2) is 0 Å². The van der Waals surface area contributed by atoms with Crippen LogP contribution in [-0.4, -0.2) is 37.6 Å². The number of likely N-dealkylation sites (tertiary alicyclic amines) is 1.